The molecule has 0 spiro atoms. The highest BCUT2D eigenvalue weighted by Gasteiger charge is 2.35. The number of aliphatic hydroxyl groups is 1. The number of aromatic nitrogens is 2. The Hall–Kier alpha value is -4.11. The van der Waals surface area contributed by atoms with Crippen LogP contribution in [0.4, 0.5) is 4.39 Å². The van der Waals surface area contributed by atoms with Crippen LogP contribution in [0.15, 0.2) is 48.7 Å². The summed E-state index contributed by atoms with van der Waals surface area (Å²) in [6.45, 7) is 1.03. The Balaban J connectivity index is 1.28. The molecule has 1 aliphatic heterocycles. The molecule has 9 heteroatoms. The number of carbonyl (C=O) groups excluding carboxylic acids is 1. The summed E-state index contributed by atoms with van der Waals surface area (Å²) in [5.41, 5.74) is 4.40. The minimum Gasteiger partial charge on any atom is -0.493 e. The molecule has 1 unspecified atom stereocenters. The predicted molar refractivity (Wildman–Crippen MR) is 144 cm³/mol. The van der Waals surface area contributed by atoms with E-state index in [4.69, 9.17) is 24.3 Å². The lowest BCUT2D eigenvalue weighted by Gasteiger charge is -2.19. The average molecular weight is 532 g/mol. The number of halogens is 1. The second-order valence-corrected chi connectivity index (χ2v) is 9.94. The molecule has 1 fully saturated rings. The third-order valence-corrected chi connectivity index (χ3v) is 7.44. The monoisotopic (exact) mass is 531 g/mol. The molecular formula is C30H30FN3O5. The molecule has 6 rings (SSSR count). The molecule has 1 amide bonds. The van der Waals surface area contributed by atoms with Gasteiger partial charge < -0.3 is 29.6 Å². The number of carbonyl (C=O) groups is 1. The normalized spacial score (nSPS) is 15.1. The van der Waals surface area contributed by atoms with E-state index in [1.54, 1.807) is 30.5 Å². The van der Waals surface area contributed by atoms with Gasteiger partial charge in [0, 0.05) is 52.9 Å². The van der Waals surface area contributed by atoms with Crippen molar-refractivity contribution in [2.24, 2.45) is 5.92 Å². The second kappa shape index (κ2) is 10.6. The Bertz CT molecular complexity index is 1530. The molecule has 2 aromatic heterocycles. The number of hydrogen-bond donors (Lipinski definition) is 3. The second-order valence-electron chi connectivity index (χ2n) is 9.94. The van der Waals surface area contributed by atoms with Crippen molar-refractivity contribution >= 4 is 16.8 Å². The lowest BCUT2D eigenvalue weighted by atomic mass is 9.95. The number of pyridine rings is 1. The van der Waals surface area contributed by atoms with Gasteiger partial charge in [0.1, 0.15) is 23.9 Å². The number of H-pyrrole nitrogens is 1. The van der Waals surface area contributed by atoms with Gasteiger partial charge in [0.25, 0.3) is 5.91 Å². The highest BCUT2D eigenvalue weighted by molar-refractivity contribution is 5.97. The number of rotatable bonds is 10. The fourth-order valence-electron chi connectivity index (χ4n) is 5.30. The molecule has 2 aromatic carbocycles. The minimum atomic E-state index is -0.310. The Morgan fingerprint density at radius 2 is 2.13 bits per heavy atom. The summed E-state index contributed by atoms with van der Waals surface area (Å²) in [4.78, 5) is 21.2. The zero-order valence-electron chi connectivity index (χ0n) is 21.6. The third kappa shape index (κ3) is 4.90. The molecule has 8 nitrogen and oxygen atoms in total. The summed E-state index contributed by atoms with van der Waals surface area (Å²) in [5, 5.41) is 12.9. The van der Waals surface area contributed by atoms with Gasteiger partial charge in [-0.15, -0.1) is 0 Å². The van der Waals surface area contributed by atoms with Crippen molar-refractivity contribution in [1.82, 2.24) is 15.3 Å². The number of amides is 1. The zero-order chi connectivity index (χ0) is 26.9. The van der Waals surface area contributed by atoms with Crippen LogP contribution in [0.2, 0.25) is 0 Å². The molecule has 0 saturated heterocycles. The lowest BCUT2D eigenvalue weighted by Crippen LogP contribution is -2.29. The molecule has 39 heavy (non-hydrogen) atoms. The van der Waals surface area contributed by atoms with Crippen LogP contribution in [0.1, 0.15) is 40.4 Å². The largest absolute Gasteiger partial charge is 0.493 e. The molecule has 2 aliphatic rings. The first-order valence-corrected chi connectivity index (χ1v) is 13.2. The van der Waals surface area contributed by atoms with E-state index in [0.717, 1.165) is 47.2 Å². The van der Waals surface area contributed by atoms with Crippen LogP contribution in [0.5, 0.6) is 17.2 Å². The van der Waals surface area contributed by atoms with Crippen LogP contribution in [0.3, 0.4) is 0 Å². The molecule has 4 aromatic rings. The molecule has 1 saturated carbocycles. The molecule has 1 atom stereocenters. The Morgan fingerprint density at radius 3 is 2.92 bits per heavy atom. The Kier molecular flexibility index (Phi) is 6.83. The number of benzene rings is 2. The van der Waals surface area contributed by atoms with Gasteiger partial charge in [0.15, 0.2) is 11.5 Å². The SMILES string of the molecule is COc1cc(C(=O)NCC(c2cc3c(c(-c4c[nH]c5c(F)cccc45)n2)OCC3)C2CC2)ccc1OCCO. The Labute approximate surface area is 225 Å². The van der Waals surface area contributed by atoms with Crippen LogP contribution in [-0.2, 0) is 6.42 Å². The van der Waals surface area contributed by atoms with Gasteiger partial charge in [0.2, 0.25) is 0 Å². The van der Waals surface area contributed by atoms with Crippen molar-refractivity contribution in [3.8, 4) is 28.5 Å². The van der Waals surface area contributed by atoms with Crippen molar-refractivity contribution in [2.45, 2.75) is 25.2 Å². The number of methoxy groups -OCH3 is 1. The molecule has 1 aliphatic carbocycles. The molecule has 0 bridgehead atoms. The minimum absolute atomic E-state index is 0.0367. The fraction of sp³-hybridized carbons (Fsp3) is 0.333. The summed E-state index contributed by atoms with van der Waals surface area (Å²) >= 11 is 0. The van der Waals surface area contributed by atoms with E-state index in [1.165, 1.54) is 13.2 Å². The van der Waals surface area contributed by atoms with E-state index in [-0.39, 0.29) is 30.9 Å². The van der Waals surface area contributed by atoms with E-state index < -0.39 is 0 Å². The van der Waals surface area contributed by atoms with Gasteiger partial charge in [-0.05, 0) is 49.1 Å². The number of nitrogens with one attached hydrogen (secondary N) is 2. The van der Waals surface area contributed by atoms with Gasteiger partial charge in [-0.2, -0.15) is 0 Å². The third-order valence-electron chi connectivity index (χ3n) is 7.44. The van der Waals surface area contributed by atoms with Gasteiger partial charge in [-0.25, -0.2) is 9.37 Å². The molecule has 3 N–H and O–H groups in total. The summed E-state index contributed by atoms with van der Waals surface area (Å²) in [7, 11) is 1.51. The number of para-hydroxylation sites is 1. The maximum atomic E-state index is 14.4. The average Bonchev–Trinajstić information content (AvgIpc) is 3.50. The van der Waals surface area contributed by atoms with Crippen molar-refractivity contribution in [2.75, 3.05) is 33.5 Å². The Morgan fingerprint density at radius 1 is 1.26 bits per heavy atom. The van der Waals surface area contributed by atoms with Crippen molar-refractivity contribution in [3.05, 3.63) is 71.3 Å². The summed E-state index contributed by atoms with van der Waals surface area (Å²) in [6.07, 6.45) is 4.72. The molecule has 3 heterocycles. The highest BCUT2D eigenvalue weighted by Crippen LogP contribution is 2.45. The van der Waals surface area contributed by atoms with E-state index in [1.807, 2.05) is 6.07 Å². The van der Waals surface area contributed by atoms with Gasteiger partial charge in [0.05, 0.1) is 25.8 Å². The molecular weight excluding hydrogens is 501 g/mol. The van der Waals surface area contributed by atoms with Crippen molar-refractivity contribution in [1.29, 1.82) is 0 Å². The van der Waals surface area contributed by atoms with Crippen LogP contribution in [0, 0.1) is 11.7 Å². The number of nitrogens with zero attached hydrogens (tertiary/aromatic N) is 1. The predicted octanol–water partition coefficient (Wildman–Crippen LogP) is 4.61. The van der Waals surface area contributed by atoms with E-state index >= 15 is 0 Å². The summed E-state index contributed by atoms with van der Waals surface area (Å²) < 4.78 is 31.2. The number of aliphatic hydroxyl groups excluding tert-OH is 1. The van der Waals surface area contributed by atoms with E-state index in [0.29, 0.717) is 47.3 Å². The van der Waals surface area contributed by atoms with Gasteiger partial charge in [-0.3, -0.25) is 4.79 Å². The lowest BCUT2D eigenvalue weighted by molar-refractivity contribution is 0.0949. The first kappa shape index (κ1) is 25.2. The molecule has 0 radical (unpaired) electrons. The maximum Gasteiger partial charge on any atom is 0.251 e. The summed E-state index contributed by atoms with van der Waals surface area (Å²) in [5.74, 6) is 1.58. The maximum absolute atomic E-state index is 14.4. The van der Waals surface area contributed by atoms with Crippen LogP contribution >= 0.6 is 0 Å². The fourth-order valence-corrected chi connectivity index (χ4v) is 5.30. The van der Waals surface area contributed by atoms with E-state index in [9.17, 15) is 9.18 Å². The van der Waals surface area contributed by atoms with Crippen LogP contribution in [-0.4, -0.2) is 54.5 Å². The van der Waals surface area contributed by atoms with Crippen molar-refractivity contribution in [3.63, 3.8) is 0 Å². The summed E-state index contributed by atoms with van der Waals surface area (Å²) in [6, 6.07) is 12.1. The van der Waals surface area contributed by atoms with Crippen molar-refractivity contribution < 1.29 is 28.5 Å². The quantitative estimate of drug-likeness (QED) is 0.276. The standard InChI is InChI=1S/C30H30FN3O5/c1-37-26-14-19(7-8-25(26)38-12-10-35)30(36)33-15-21(17-5-6-17)24-13-18-9-11-39-29(18)28(34-24)22-16-32-27-20(22)3-2-4-23(27)31/h2-4,7-8,13-14,16-17,21,32,35H,5-6,9-12,15H2,1H3,(H,33,36). The first-order chi connectivity index (χ1) is 19.1. The number of aromatic amines is 1. The number of ether oxygens (including phenoxy) is 3. The topological polar surface area (TPSA) is 106 Å². The highest BCUT2D eigenvalue weighted by atomic mass is 19.1. The van der Waals surface area contributed by atoms with Gasteiger partial charge in [-0.1, -0.05) is 12.1 Å². The first-order valence-electron chi connectivity index (χ1n) is 13.2. The van der Waals surface area contributed by atoms with E-state index in [2.05, 4.69) is 16.4 Å². The zero-order valence-corrected chi connectivity index (χ0v) is 21.6. The number of fused-ring (bicyclic) bond motifs is 2. The number of hydrogen-bond acceptors (Lipinski definition) is 6. The van der Waals surface area contributed by atoms with Gasteiger partial charge >= 0.3 is 0 Å². The smallest absolute Gasteiger partial charge is 0.251 e. The van der Waals surface area contributed by atoms with Crippen LogP contribution in [0.25, 0.3) is 22.2 Å². The molecule has 202 valence electrons. The van der Waals surface area contributed by atoms with Crippen LogP contribution < -0.4 is 19.5 Å².